The van der Waals surface area contributed by atoms with Gasteiger partial charge in [0.05, 0.1) is 7.11 Å². The molecule has 4 nitrogen and oxygen atoms in total. The summed E-state index contributed by atoms with van der Waals surface area (Å²) in [7, 11) is 1.50. The molecular formula is C15H23FN2O2. The van der Waals surface area contributed by atoms with Crippen LogP contribution in [0.4, 0.5) is 4.39 Å². The van der Waals surface area contributed by atoms with Crippen LogP contribution in [0.1, 0.15) is 25.8 Å². The van der Waals surface area contributed by atoms with E-state index in [9.17, 15) is 9.18 Å². The largest absolute Gasteiger partial charge is 0.497 e. The summed E-state index contributed by atoms with van der Waals surface area (Å²) in [6, 6.07) is 4.75. The van der Waals surface area contributed by atoms with Gasteiger partial charge in [0.15, 0.2) is 0 Å². The van der Waals surface area contributed by atoms with Crippen LogP contribution in [-0.4, -0.2) is 26.1 Å². The van der Waals surface area contributed by atoms with E-state index in [0.29, 0.717) is 43.3 Å². The maximum Gasteiger partial charge on any atom is 0.221 e. The van der Waals surface area contributed by atoms with Gasteiger partial charge >= 0.3 is 0 Å². The van der Waals surface area contributed by atoms with Crippen molar-refractivity contribution in [3.05, 3.63) is 29.6 Å². The lowest BCUT2D eigenvalue weighted by atomic mass is 10.2. The number of hydrogen-bond acceptors (Lipinski definition) is 3. The van der Waals surface area contributed by atoms with Gasteiger partial charge in [0.2, 0.25) is 5.91 Å². The Morgan fingerprint density at radius 2 is 2.15 bits per heavy atom. The quantitative estimate of drug-likeness (QED) is 0.718. The average Bonchev–Trinajstić information content (AvgIpc) is 2.42. The summed E-state index contributed by atoms with van der Waals surface area (Å²) >= 11 is 0. The molecule has 0 bridgehead atoms. The van der Waals surface area contributed by atoms with Gasteiger partial charge < -0.3 is 15.4 Å². The highest BCUT2D eigenvalue weighted by Crippen LogP contribution is 2.15. The molecule has 0 unspecified atom stereocenters. The maximum atomic E-state index is 13.6. The van der Waals surface area contributed by atoms with Crippen LogP contribution in [0.25, 0.3) is 0 Å². The van der Waals surface area contributed by atoms with Crippen molar-refractivity contribution in [2.24, 2.45) is 5.92 Å². The first-order valence-electron chi connectivity index (χ1n) is 6.82. The molecule has 0 saturated heterocycles. The van der Waals surface area contributed by atoms with Gasteiger partial charge in [0.25, 0.3) is 0 Å². The van der Waals surface area contributed by atoms with E-state index in [4.69, 9.17) is 4.74 Å². The summed E-state index contributed by atoms with van der Waals surface area (Å²) in [5.41, 5.74) is 0.563. The van der Waals surface area contributed by atoms with Crippen molar-refractivity contribution in [1.82, 2.24) is 10.6 Å². The minimum Gasteiger partial charge on any atom is -0.497 e. The van der Waals surface area contributed by atoms with Gasteiger partial charge in [-0.2, -0.15) is 0 Å². The van der Waals surface area contributed by atoms with Crippen LogP contribution >= 0.6 is 0 Å². The Hall–Kier alpha value is -1.62. The number of carbonyl (C=O) groups excluding carboxylic acids is 1. The molecule has 0 saturated carbocycles. The highest BCUT2D eigenvalue weighted by molar-refractivity contribution is 5.76. The van der Waals surface area contributed by atoms with Crippen LogP contribution in [-0.2, 0) is 11.3 Å². The van der Waals surface area contributed by atoms with Crippen LogP contribution in [0.3, 0.4) is 0 Å². The molecule has 1 rings (SSSR count). The SMILES string of the molecule is COc1ccc(CNCCC(=O)NCC(C)C)c(F)c1. The zero-order valence-electron chi connectivity index (χ0n) is 12.3. The number of rotatable bonds is 8. The molecule has 0 aromatic heterocycles. The number of methoxy groups -OCH3 is 1. The molecule has 1 amide bonds. The monoisotopic (exact) mass is 282 g/mol. The zero-order chi connectivity index (χ0) is 15.0. The second-order valence-electron chi connectivity index (χ2n) is 5.08. The highest BCUT2D eigenvalue weighted by atomic mass is 19.1. The average molecular weight is 282 g/mol. The molecule has 1 aromatic rings. The fourth-order valence-electron chi connectivity index (χ4n) is 1.63. The number of nitrogens with one attached hydrogen (secondary N) is 2. The fraction of sp³-hybridized carbons (Fsp3) is 0.533. The molecule has 0 fully saturated rings. The predicted octanol–water partition coefficient (Wildman–Crippen LogP) is 2.09. The van der Waals surface area contributed by atoms with E-state index in [-0.39, 0.29) is 11.7 Å². The van der Waals surface area contributed by atoms with Crippen molar-refractivity contribution in [2.75, 3.05) is 20.2 Å². The van der Waals surface area contributed by atoms with E-state index >= 15 is 0 Å². The van der Waals surface area contributed by atoms with Crippen LogP contribution in [0, 0.1) is 11.7 Å². The third-order valence-corrected chi connectivity index (χ3v) is 2.81. The number of hydrogen-bond donors (Lipinski definition) is 2. The molecule has 0 radical (unpaired) electrons. The smallest absolute Gasteiger partial charge is 0.221 e. The first-order chi connectivity index (χ1) is 9.52. The summed E-state index contributed by atoms with van der Waals surface area (Å²) in [6.45, 7) is 5.70. The Morgan fingerprint density at radius 1 is 1.40 bits per heavy atom. The van der Waals surface area contributed by atoms with E-state index in [1.165, 1.54) is 13.2 Å². The molecule has 2 N–H and O–H groups in total. The van der Waals surface area contributed by atoms with Gasteiger partial charge in [-0.15, -0.1) is 0 Å². The minimum atomic E-state index is -0.305. The van der Waals surface area contributed by atoms with Crippen LogP contribution in [0.15, 0.2) is 18.2 Å². The summed E-state index contributed by atoms with van der Waals surface area (Å²) in [5, 5.41) is 5.89. The number of amides is 1. The molecule has 0 spiro atoms. The van der Waals surface area contributed by atoms with Crippen LogP contribution in [0.5, 0.6) is 5.75 Å². The van der Waals surface area contributed by atoms with Gasteiger partial charge in [-0.1, -0.05) is 19.9 Å². The molecule has 5 heteroatoms. The van der Waals surface area contributed by atoms with Crippen molar-refractivity contribution in [3.8, 4) is 5.75 Å². The predicted molar refractivity (Wildman–Crippen MR) is 77.1 cm³/mol. The molecule has 0 heterocycles. The molecule has 1 aromatic carbocycles. The molecule has 20 heavy (non-hydrogen) atoms. The Balaban J connectivity index is 2.26. The number of ether oxygens (including phenoxy) is 1. The van der Waals surface area contributed by atoms with Gasteiger partial charge in [-0.05, 0) is 12.0 Å². The first-order valence-corrected chi connectivity index (χ1v) is 6.82. The normalized spacial score (nSPS) is 10.7. The van der Waals surface area contributed by atoms with Crippen LogP contribution in [0.2, 0.25) is 0 Å². The standard InChI is InChI=1S/C15H23FN2O2/c1-11(2)9-18-15(19)6-7-17-10-12-4-5-13(20-3)8-14(12)16/h4-5,8,11,17H,6-7,9-10H2,1-3H3,(H,18,19). The molecule has 0 aliphatic rings. The third-order valence-electron chi connectivity index (χ3n) is 2.81. The Kier molecular flexibility index (Phi) is 7.01. The summed E-state index contributed by atoms with van der Waals surface area (Å²) in [4.78, 5) is 11.5. The van der Waals surface area contributed by atoms with Crippen molar-refractivity contribution in [2.45, 2.75) is 26.8 Å². The van der Waals surface area contributed by atoms with Crippen molar-refractivity contribution < 1.29 is 13.9 Å². The minimum absolute atomic E-state index is 0.0152. The van der Waals surface area contributed by atoms with E-state index in [0.717, 1.165) is 0 Å². The summed E-state index contributed by atoms with van der Waals surface area (Å²) in [5.74, 6) is 0.655. The Labute approximate surface area is 119 Å². The van der Waals surface area contributed by atoms with Crippen LogP contribution < -0.4 is 15.4 Å². The molecular weight excluding hydrogens is 259 g/mol. The van der Waals surface area contributed by atoms with E-state index in [2.05, 4.69) is 10.6 Å². The van der Waals surface area contributed by atoms with Gasteiger partial charge in [0, 0.05) is 37.7 Å². The lowest BCUT2D eigenvalue weighted by molar-refractivity contribution is -0.121. The second kappa shape index (κ2) is 8.53. The fourth-order valence-corrected chi connectivity index (χ4v) is 1.63. The van der Waals surface area contributed by atoms with Gasteiger partial charge in [-0.25, -0.2) is 4.39 Å². The highest BCUT2D eigenvalue weighted by Gasteiger charge is 2.05. The van der Waals surface area contributed by atoms with Gasteiger partial charge in [-0.3, -0.25) is 4.79 Å². The zero-order valence-corrected chi connectivity index (χ0v) is 12.3. The lowest BCUT2D eigenvalue weighted by Crippen LogP contribution is -2.30. The number of benzene rings is 1. The topological polar surface area (TPSA) is 50.4 Å². The van der Waals surface area contributed by atoms with Crippen molar-refractivity contribution in [1.29, 1.82) is 0 Å². The Morgan fingerprint density at radius 3 is 2.75 bits per heavy atom. The third kappa shape index (κ3) is 6.02. The summed E-state index contributed by atoms with van der Waals surface area (Å²) in [6.07, 6.45) is 0.393. The number of halogens is 1. The molecule has 0 aliphatic carbocycles. The molecule has 0 atom stereocenters. The summed E-state index contributed by atoms with van der Waals surface area (Å²) < 4.78 is 18.6. The van der Waals surface area contributed by atoms with E-state index in [1.807, 2.05) is 13.8 Å². The van der Waals surface area contributed by atoms with Crippen molar-refractivity contribution in [3.63, 3.8) is 0 Å². The lowest BCUT2D eigenvalue weighted by Gasteiger charge is -2.09. The number of carbonyl (C=O) groups is 1. The van der Waals surface area contributed by atoms with Crippen molar-refractivity contribution >= 4 is 5.91 Å². The Bertz CT molecular complexity index is 436. The second-order valence-corrected chi connectivity index (χ2v) is 5.08. The van der Waals surface area contributed by atoms with E-state index < -0.39 is 0 Å². The van der Waals surface area contributed by atoms with E-state index in [1.54, 1.807) is 12.1 Å². The molecule has 112 valence electrons. The first kappa shape index (κ1) is 16.4. The molecule has 0 aliphatic heterocycles. The maximum absolute atomic E-state index is 13.6. The van der Waals surface area contributed by atoms with Gasteiger partial charge in [0.1, 0.15) is 11.6 Å².